The molecular formula is C22H13Cl2FN2O3. The molecule has 0 saturated carbocycles. The number of carbonyl (C=O) groups excluding carboxylic acids is 2. The lowest BCUT2D eigenvalue weighted by atomic mass is 9.98. The van der Waals surface area contributed by atoms with Crippen molar-refractivity contribution in [2.45, 2.75) is 6.04 Å². The molecule has 1 fully saturated rings. The molecule has 5 nitrogen and oxygen atoms in total. The molecule has 1 saturated heterocycles. The van der Waals surface area contributed by atoms with Crippen LogP contribution in [0.4, 0.5) is 10.1 Å². The Morgan fingerprint density at radius 2 is 1.83 bits per heavy atom. The highest BCUT2D eigenvalue weighted by Gasteiger charge is 2.47. The maximum Gasteiger partial charge on any atom is 0.300 e. The molecule has 0 spiro atoms. The molecule has 1 amide bonds. The van der Waals surface area contributed by atoms with Gasteiger partial charge in [-0.1, -0.05) is 41.4 Å². The number of pyridine rings is 1. The van der Waals surface area contributed by atoms with Gasteiger partial charge >= 0.3 is 0 Å². The van der Waals surface area contributed by atoms with Crippen molar-refractivity contribution in [3.05, 3.63) is 99.6 Å². The third kappa shape index (κ3) is 3.44. The highest BCUT2D eigenvalue weighted by atomic mass is 35.5. The van der Waals surface area contributed by atoms with Crippen molar-refractivity contribution < 1.29 is 19.1 Å². The van der Waals surface area contributed by atoms with Crippen LogP contribution in [0.15, 0.2) is 72.4 Å². The molecular weight excluding hydrogens is 430 g/mol. The number of aliphatic hydroxyl groups excluding tert-OH is 1. The lowest BCUT2D eigenvalue weighted by molar-refractivity contribution is -0.132. The third-order valence-corrected chi connectivity index (χ3v) is 5.22. The Balaban J connectivity index is 1.96. The summed E-state index contributed by atoms with van der Waals surface area (Å²) in [7, 11) is 0. The Hall–Kier alpha value is -3.22. The van der Waals surface area contributed by atoms with Crippen LogP contribution in [0.1, 0.15) is 17.3 Å². The van der Waals surface area contributed by atoms with Crippen LogP contribution in [0, 0.1) is 5.82 Å². The van der Waals surface area contributed by atoms with Crippen molar-refractivity contribution in [2.75, 3.05) is 4.90 Å². The largest absolute Gasteiger partial charge is 0.507 e. The van der Waals surface area contributed by atoms with Gasteiger partial charge in [0.05, 0.1) is 16.3 Å². The van der Waals surface area contributed by atoms with Crippen molar-refractivity contribution in [3.8, 4) is 0 Å². The van der Waals surface area contributed by atoms with E-state index in [1.165, 1.54) is 24.4 Å². The monoisotopic (exact) mass is 442 g/mol. The van der Waals surface area contributed by atoms with Gasteiger partial charge in [-0.25, -0.2) is 4.39 Å². The van der Waals surface area contributed by atoms with Gasteiger partial charge in [-0.05, 0) is 42.5 Å². The van der Waals surface area contributed by atoms with Crippen molar-refractivity contribution >= 4 is 46.3 Å². The molecule has 4 rings (SSSR count). The molecule has 30 heavy (non-hydrogen) atoms. The van der Waals surface area contributed by atoms with E-state index in [0.29, 0.717) is 10.7 Å². The second kappa shape index (κ2) is 7.89. The van der Waals surface area contributed by atoms with Gasteiger partial charge in [0.2, 0.25) is 0 Å². The number of halogens is 3. The predicted octanol–water partition coefficient (Wildman–Crippen LogP) is 5.15. The van der Waals surface area contributed by atoms with Crippen molar-refractivity contribution in [1.82, 2.24) is 4.98 Å². The van der Waals surface area contributed by atoms with Gasteiger partial charge in [0.25, 0.3) is 11.7 Å². The first-order chi connectivity index (χ1) is 14.4. The van der Waals surface area contributed by atoms with Crippen LogP contribution < -0.4 is 4.90 Å². The van der Waals surface area contributed by atoms with Crippen LogP contribution in [-0.4, -0.2) is 21.8 Å². The first kappa shape index (κ1) is 20.1. The molecule has 2 aromatic carbocycles. The van der Waals surface area contributed by atoms with E-state index in [2.05, 4.69) is 4.98 Å². The maximum atomic E-state index is 13.7. The Labute approximate surface area is 181 Å². The van der Waals surface area contributed by atoms with Crippen LogP contribution in [0.5, 0.6) is 0 Å². The number of rotatable bonds is 3. The van der Waals surface area contributed by atoms with Gasteiger partial charge < -0.3 is 5.11 Å². The number of nitrogens with zero attached hydrogens (tertiary/aromatic N) is 2. The fourth-order valence-corrected chi connectivity index (χ4v) is 3.71. The number of Topliss-reactive ketones (excluding diaryl/α,β-unsaturated/α-hetero) is 1. The van der Waals surface area contributed by atoms with Crippen LogP contribution in [0.3, 0.4) is 0 Å². The van der Waals surface area contributed by atoms with Crippen molar-refractivity contribution in [1.29, 1.82) is 0 Å². The number of anilines is 1. The standard InChI is InChI=1S/C22H13Cl2FN2O3/c23-13-5-3-4-12(10-13)20(28)18-19(17-6-1-2-9-26-17)27(22(30)21(18)29)14-7-8-16(25)15(24)11-14/h1-11,19,28H/b20-18+. The molecule has 1 aliphatic rings. The molecule has 0 bridgehead atoms. The van der Waals surface area contributed by atoms with E-state index in [0.717, 1.165) is 11.0 Å². The highest BCUT2D eigenvalue weighted by Crippen LogP contribution is 2.42. The molecule has 1 N–H and O–H groups in total. The second-order valence-electron chi connectivity index (χ2n) is 6.53. The maximum absolute atomic E-state index is 13.7. The molecule has 150 valence electrons. The van der Waals surface area contributed by atoms with Crippen LogP contribution >= 0.6 is 23.2 Å². The molecule has 0 radical (unpaired) electrons. The van der Waals surface area contributed by atoms with E-state index in [1.54, 1.807) is 36.4 Å². The Morgan fingerprint density at radius 1 is 1.03 bits per heavy atom. The topological polar surface area (TPSA) is 70.5 Å². The van der Waals surface area contributed by atoms with Gasteiger partial charge in [0, 0.05) is 22.5 Å². The normalized spacial score (nSPS) is 18.1. The molecule has 1 unspecified atom stereocenters. The van der Waals surface area contributed by atoms with Gasteiger partial charge in [-0.3, -0.25) is 19.5 Å². The predicted molar refractivity (Wildman–Crippen MR) is 112 cm³/mol. The van der Waals surface area contributed by atoms with Gasteiger partial charge in [-0.15, -0.1) is 0 Å². The van der Waals surface area contributed by atoms with E-state index >= 15 is 0 Å². The Morgan fingerprint density at radius 3 is 2.50 bits per heavy atom. The quantitative estimate of drug-likeness (QED) is 0.345. The number of hydrogen-bond donors (Lipinski definition) is 1. The summed E-state index contributed by atoms with van der Waals surface area (Å²) in [4.78, 5) is 31.3. The minimum Gasteiger partial charge on any atom is -0.507 e. The van der Waals surface area contributed by atoms with Crippen LogP contribution in [0.2, 0.25) is 10.0 Å². The van der Waals surface area contributed by atoms with E-state index in [9.17, 15) is 19.1 Å². The zero-order valence-corrected chi connectivity index (χ0v) is 16.7. The summed E-state index contributed by atoms with van der Waals surface area (Å²) in [6, 6.07) is 13.9. The Bertz CT molecular complexity index is 1200. The van der Waals surface area contributed by atoms with E-state index in [1.807, 2.05) is 0 Å². The summed E-state index contributed by atoms with van der Waals surface area (Å²) in [5.74, 6) is -2.84. The molecule has 3 aromatic rings. The number of hydrogen-bond acceptors (Lipinski definition) is 4. The van der Waals surface area contributed by atoms with Crippen molar-refractivity contribution in [2.24, 2.45) is 0 Å². The average molecular weight is 443 g/mol. The number of aromatic nitrogens is 1. The zero-order chi connectivity index (χ0) is 21.4. The molecule has 1 aromatic heterocycles. The highest BCUT2D eigenvalue weighted by molar-refractivity contribution is 6.51. The summed E-state index contributed by atoms with van der Waals surface area (Å²) in [6.07, 6.45) is 1.51. The lowest BCUT2D eigenvalue weighted by Gasteiger charge is -2.24. The number of aliphatic hydroxyl groups is 1. The van der Waals surface area contributed by atoms with E-state index in [4.69, 9.17) is 23.2 Å². The van der Waals surface area contributed by atoms with Crippen molar-refractivity contribution in [3.63, 3.8) is 0 Å². The second-order valence-corrected chi connectivity index (χ2v) is 7.38. The molecule has 8 heteroatoms. The first-order valence-electron chi connectivity index (χ1n) is 8.81. The molecule has 0 aliphatic carbocycles. The summed E-state index contributed by atoms with van der Waals surface area (Å²) in [6.45, 7) is 0. The number of carbonyl (C=O) groups is 2. The number of amides is 1. The summed E-state index contributed by atoms with van der Waals surface area (Å²) >= 11 is 11.9. The van der Waals surface area contributed by atoms with Gasteiger partial charge in [0.15, 0.2) is 0 Å². The minimum absolute atomic E-state index is 0.151. The smallest absolute Gasteiger partial charge is 0.300 e. The number of benzene rings is 2. The molecule has 1 aliphatic heterocycles. The fourth-order valence-electron chi connectivity index (χ4n) is 3.34. The van der Waals surface area contributed by atoms with Crippen LogP contribution in [-0.2, 0) is 9.59 Å². The zero-order valence-electron chi connectivity index (χ0n) is 15.2. The average Bonchev–Trinajstić information content (AvgIpc) is 3.01. The van der Waals surface area contributed by atoms with Gasteiger partial charge in [0.1, 0.15) is 17.6 Å². The lowest BCUT2D eigenvalue weighted by Crippen LogP contribution is -2.29. The molecule has 2 heterocycles. The van der Waals surface area contributed by atoms with Gasteiger partial charge in [-0.2, -0.15) is 0 Å². The summed E-state index contributed by atoms with van der Waals surface area (Å²) in [5.41, 5.74) is 0.671. The Kier molecular flexibility index (Phi) is 5.28. The fraction of sp³-hybridized carbons (Fsp3) is 0.0455. The molecule has 1 atom stereocenters. The first-order valence-corrected chi connectivity index (χ1v) is 9.57. The third-order valence-electron chi connectivity index (χ3n) is 4.69. The summed E-state index contributed by atoms with van der Waals surface area (Å²) < 4.78 is 13.7. The SMILES string of the molecule is O=C1C(=O)N(c2ccc(F)c(Cl)c2)C(c2ccccn2)/C1=C(\O)c1cccc(Cl)c1. The number of ketones is 1. The van der Waals surface area contributed by atoms with E-state index < -0.39 is 23.5 Å². The summed E-state index contributed by atoms with van der Waals surface area (Å²) in [5, 5.41) is 11.1. The minimum atomic E-state index is -1.04. The van der Waals surface area contributed by atoms with Crippen LogP contribution in [0.25, 0.3) is 5.76 Å². The van der Waals surface area contributed by atoms with E-state index in [-0.39, 0.29) is 27.6 Å².